The zero-order chi connectivity index (χ0) is 13.7. The summed E-state index contributed by atoms with van der Waals surface area (Å²) in [6.07, 6.45) is -0.515. The van der Waals surface area contributed by atoms with Gasteiger partial charge in [0, 0.05) is 0 Å². The fourth-order valence-corrected chi connectivity index (χ4v) is 4.15. The van der Waals surface area contributed by atoms with E-state index < -0.39 is 31.1 Å². The quantitative estimate of drug-likeness (QED) is 0.676. The van der Waals surface area contributed by atoms with Crippen molar-refractivity contribution in [2.45, 2.75) is 22.9 Å². The van der Waals surface area contributed by atoms with Gasteiger partial charge in [-0.2, -0.15) is 4.72 Å². The Morgan fingerprint density at radius 1 is 1.39 bits per heavy atom. The molecule has 4 N–H and O–H groups in total. The first kappa shape index (κ1) is 13.6. The molecule has 7 nitrogen and oxygen atoms in total. The molecule has 0 saturated carbocycles. The minimum atomic E-state index is -4.08. The van der Waals surface area contributed by atoms with E-state index in [0.717, 1.165) is 6.07 Å². The Hall–Kier alpha value is -0.870. The molecule has 0 radical (unpaired) electrons. The number of halogens is 1. The van der Waals surface area contributed by atoms with Gasteiger partial charge in [-0.05, 0) is 19.1 Å². The molecule has 1 heterocycles. The summed E-state index contributed by atoms with van der Waals surface area (Å²) in [5, 5.41) is 7.65. The van der Waals surface area contributed by atoms with Crippen LogP contribution in [0.5, 0.6) is 0 Å². The van der Waals surface area contributed by atoms with Crippen molar-refractivity contribution in [1.29, 1.82) is 0 Å². The number of primary sulfonamides is 1. The Balaban J connectivity index is 2.77. The van der Waals surface area contributed by atoms with Gasteiger partial charge in [-0.1, -0.05) is 11.6 Å². The summed E-state index contributed by atoms with van der Waals surface area (Å²) in [4.78, 5) is -0.626. The van der Waals surface area contributed by atoms with Crippen LogP contribution in [0, 0.1) is 0 Å². The lowest BCUT2D eigenvalue weighted by Crippen LogP contribution is -2.42. The van der Waals surface area contributed by atoms with Crippen molar-refractivity contribution in [3.63, 3.8) is 0 Å². The topological polar surface area (TPSA) is 118 Å². The third kappa shape index (κ3) is 2.31. The summed E-state index contributed by atoms with van der Waals surface area (Å²) in [6.45, 7) is 1.60. The van der Waals surface area contributed by atoms with Gasteiger partial charge in [-0.3, -0.25) is 0 Å². The molecule has 1 aliphatic rings. The van der Waals surface area contributed by atoms with Crippen molar-refractivity contribution in [3.05, 3.63) is 17.2 Å². The summed E-state index contributed by atoms with van der Waals surface area (Å²) in [5.41, 5.74) is 0.235. The molecule has 0 bridgehead atoms. The van der Waals surface area contributed by atoms with Gasteiger partial charge in [-0.15, -0.1) is 0 Å². The van der Waals surface area contributed by atoms with Crippen LogP contribution in [0.15, 0.2) is 21.9 Å². The molecule has 0 aliphatic carbocycles. The van der Waals surface area contributed by atoms with Crippen LogP contribution >= 0.6 is 11.6 Å². The van der Waals surface area contributed by atoms with Gasteiger partial charge in [0.25, 0.3) is 0 Å². The minimum absolute atomic E-state index is 0.131. The molecule has 0 amide bonds. The largest absolute Gasteiger partial charge is 0.368 e. The molecule has 10 heteroatoms. The van der Waals surface area contributed by atoms with Gasteiger partial charge in [0.05, 0.1) is 16.9 Å². The number of rotatable bonds is 1. The Labute approximate surface area is 109 Å². The Morgan fingerprint density at radius 2 is 2.00 bits per heavy atom. The lowest BCUT2D eigenvalue weighted by Gasteiger charge is -2.25. The van der Waals surface area contributed by atoms with Crippen molar-refractivity contribution in [2.24, 2.45) is 5.14 Å². The molecular weight excluding hydrogens is 302 g/mol. The van der Waals surface area contributed by atoms with Gasteiger partial charge in [0.2, 0.25) is 20.0 Å². The highest BCUT2D eigenvalue weighted by Gasteiger charge is 2.29. The number of sulfonamides is 2. The highest BCUT2D eigenvalue weighted by molar-refractivity contribution is 7.90. The van der Waals surface area contributed by atoms with Crippen LogP contribution in [-0.2, 0) is 20.0 Å². The second kappa shape index (κ2) is 4.07. The van der Waals surface area contributed by atoms with Crippen molar-refractivity contribution in [2.75, 3.05) is 5.32 Å². The summed E-state index contributed by atoms with van der Waals surface area (Å²) in [6, 6.07) is 2.17. The highest BCUT2D eigenvalue weighted by Crippen LogP contribution is 2.33. The van der Waals surface area contributed by atoms with E-state index in [2.05, 4.69) is 10.0 Å². The summed E-state index contributed by atoms with van der Waals surface area (Å²) >= 11 is 5.77. The van der Waals surface area contributed by atoms with E-state index in [1.807, 2.05) is 0 Å². The van der Waals surface area contributed by atoms with Crippen LogP contribution in [0.4, 0.5) is 5.69 Å². The lowest BCUT2D eigenvalue weighted by atomic mass is 10.3. The number of hydrogen-bond acceptors (Lipinski definition) is 5. The molecule has 0 spiro atoms. The summed E-state index contributed by atoms with van der Waals surface area (Å²) in [5.74, 6) is 0. The van der Waals surface area contributed by atoms with Crippen molar-refractivity contribution >= 4 is 37.3 Å². The zero-order valence-electron chi connectivity index (χ0n) is 9.14. The first-order valence-corrected chi connectivity index (χ1v) is 8.17. The smallest absolute Gasteiger partial charge is 0.244 e. The fourth-order valence-electron chi connectivity index (χ4n) is 1.65. The third-order valence-electron chi connectivity index (χ3n) is 2.33. The van der Waals surface area contributed by atoms with Gasteiger partial charge in [0.1, 0.15) is 9.79 Å². The summed E-state index contributed by atoms with van der Waals surface area (Å²) in [7, 11) is -7.86. The SMILES string of the molecule is CC1Nc2cc(Cl)c(S(N)(=O)=O)cc2S(=O)(=O)N1. The number of hydrogen-bond donors (Lipinski definition) is 3. The van der Waals surface area contributed by atoms with Crippen LogP contribution in [0.2, 0.25) is 5.02 Å². The average molecular weight is 312 g/mol. The number of fused-ring (bicyclic) bond motifs is 1. The third-order valence-corrected chi connectivity index (χ3v) is 5.29. The first-order chi connectivity index (χ1) is 8.11. The maximum Gasteiger partial charge on any atom is 0.244 e. The Bertz CT molecular complexity index is 714. The van der Waals surface area contributed by atoms with E-state index in [4.69, 9.17) is 16.7 Å². The lowest BCUT2D eigenvalue weighted by molar-refractivity contribution is 0.565. The van der Waals surface area contributed by atoms with E-state index in [9.17, 15) is 16.8 Å². The Kier molecular flexibility index (Phi) is 3.06. The van der Waals surface area contributed by atoms with Crippen LogP contribution < -0.4 is 15.2 Å². The fraction of sp³-hybridized carbons (Fsp3) is 0.250. The Morgan fingerprint density at radius 3 is 2.56 bits per heavy atom. The second-order valence-corrected chi connectivity index (χ2v) is 7.43. The number of benzene rings is 1. The molecule has 18 heavy (non-hydrogen) atoms. The number of anilines is 1. The first-order valence-electron chi connectivity index (χ1n) is 4.76. The normalized spacial score (nSPS) is 22.1. The van der Waals surface area contributed by atoms with Crippen LogP contribution in [0.1, 0.15) is 6.92 Å². The molecule has 100 valence electrons. The zero-order valence-corrected chi connectivity index (χ0v) is 11.5. The maximum atomic E-state index is 11.8. The number of nitrogens with one attached hydrogen (secondary N) is 2. The molecule has 2 rings (SSSR count). The maximum absolute atomic E-state index is 11.8. The predicted molar refractivity (Wildman–Crippen MR) is 66.2 cm³/mol. The molecular formula is C8H10ClN3O4S2. The van der Waals surface area contributed by atoms with Gasteiger partial charge >= 0.3 is 0 Å². The second-order valence-electron chi connectivity index (χ2n) is 3.81. The van der Waals surface area contributed by atoms with Crippen molar-refractivity contribution in [3.8, 4) is 0 Å². The minimum Gasteiger partial charge on any atom is -0.368 e. The van der Waals surface area contributed by atoms with Gasteiger partial charge in [-0.25, -0.2) is 22.0 Å². The molecule has 1 aromatic carbocycles. The van der Waals surface area contributed by atoms with Crippen LogP contribution in [0.3, 0.4) is 0 Å². The molecule has 1 unspecified atom stereocenters. The van der Waals surface area contributed by atoms with Crippen LogP contribution in [0.25, 0.3) is 0 Å². The molecule has 1 atom stereocenters. The highest BCUT2D eigenvalue weighted by atomic mass is 35.5. The molecule has 0 saturated heterocycles. The monoisotopic (exact) mass is 311 g/mol. The van der Waals surface area contributed by atoms with Crippen molar-refractivity contribution in [1.82, 2.24) is 4.72 Å². The van der Waals surface area contributed by atoms with E-state index in [1.54, 1.807) is 6.92 Å². The molecule has 0 fully saturated rings. The molecule has 0 aromatic heterocycles. The predicted octanol–water partition coefficient (Wildman–Crippen LogP) is 0.0372. The average Bonchev–Trinajstić information content (AvgIpc) is 2.12. The van der Waals surface area contributed by atoms with E-state index in [0.29, 0.717) is 0 Å². The molecule has 1 aliphatic heterocycles. The standard InChI is InChI=1S/C8H10ClN3O4S2/c1-4-11-6-2-5(9)7(17(10,13)14)3-8(6)18(15,16)12-4/h2-4,11-12H,1H3,(H2,10,13,14). The number of nitrogens with two attached hydrogens (primary N) is 1. The van der Waals surface area contributed by atoms with E-state index >= 15 is 0 Å². The summed E-state index contributed by atoms with van der Waals surface area (Å²) < 4.78 is 48.5. The van der Waals surface area contributed by atoms with E-state index in [-0.39, 0.29) is 15.6 Å². The molecule has 1 aromatic rings. The van der Waals surface area contributed by atoms with Gasteiger partial charge < -0.3 is 5.32 Å². The van der Waals surface area contributed by atoms with Crippen molar-refractivity contribution < 1.29 is 16.8 Å². The van der Waals surface area contributed by atoms with Crippen LogP contribution in [-0.4, -0.2) is 23.0 Å². The van der Waals surface area contributed by atoms with E-state index in [1.165, 1.54) is 6.07 Å². The van der Waals surface area contributed by atoms with Gasteiger partial charge in [0.15, 0.2) is 0 Å².